The fourth-order valence-electron chi connectivity index (χ4n) is 5.41. The average molecular weight is 721 g/mol. The first-order valence-electron chi connectivity index (χ1n) is 19.6. The summed E-state index contributed by atoms with van der Waals surface area (Å²) in [5, 5.41) is 18.3. The van der Waals surface area contributed by atoms with Crippen molar-refractivity contribution in [3.05, 3.63) is 12.2 Å². The van der Waals surface area contributed by atoms with E-state index in [9.17, 15) is 24.2 Å². The Labute approximate surface area is 298 Å². The fraction of sp³-hybridized carbons (Fsp3) is 0.895. The minimum absolute atomic E-state index is 0.189. The van der Waals surface area contributed by atoms with Gasteiger partial charge in [0.2, 0.25) is 0 Å². The third-order valence-corrected chi connectivity index (χ3v) is 9.38. The molecule has 290 valence electrons. The molecule has 0 aromatic heterocycles. The molecule has 3 N–H and O–H groups in total. The van der Waals surface area contributed by atoms with Crippen LogP contribution in [0.4, 0.5) is 0 Å². The van der Waals surface area contributed by atoms with E-state index in [1.54, 1.807) is 0 Å². The summed E-state index contributed by atoms with van der Waals surface area (Å²) < 4.78 is 32.6. The van der Waals surface area contributed by atoms with Gasteiger partial charge in [-0.15, -0.1) is 0 Å². The molecule has 0 saturated heterocycles. The molecule has 0 aromatic rings. The highest BCUT2D eigenvalue weighted by atomic mass is 31.2. The number of rotatable bonds is 37. The number of esters is 2. The summed E-state index contributed by atoms with van der Waals surface area (Å²) in [4.78, 5) is 34.8. The highest BCUT2D eigenvalue weighted by Gasteiger charge is 2.27. The SMILES string of the molecule is CC/C=C\CCCCCCCCCC(=O)OC[C@H](COP(=O)(O)OC[C@@H](O)CO)OC(=O)CCCCCCCCCCCCCCCCC. The number of aliphatic hydroxyl groups is 2. The summed E-state index contributed by atoms with van der Waals surface area (Å²) in [6, 6.07) is 0. The van der Waals surface area contributed by atoms with Crippen LogP contribution in [0.15, 0.2) is 12.2 Å². The molecular weight excluding hydrogens is 647 g/mol. The number of hydrogen-bond donors (Lipinski definition) is 3. The van der Waals surface area contributed by atoms with Crippen LogP contribution in [-0.4, -0.2) is 65.7 Å². The summed E-state index contributed by atoms with van der Waals surface area (Å²) in [5.74, 6) is -0.925. The maximum atomic E-state index is 12.5. The van der Waals surface area contributed by atoms with Gasteiger partial charge < -0.3 is 24.6 Å². The molecule has 0 bridgehead atoms. The van der Waals surface area contributed by atoms with Gasteiger partial charge in [0.1, 0.15) is 12.7 Å². The molecule has 0 saturated carbocycles. The van der Waals surface area contributed by atoms with Gasteiger partial charge in [0, 0.05) is 12.8 Å². The van der Waals surface area contributed by atoms with E-state index in [0.717, 1.165) is 51.4 Å². The highest BCUT2D eigenvalue weighted by molar-refractivity contribution is 7.47. The summed E-state index contributed by atoms with van der Waals surface area (Å²) in [5.41, 5.74) is 0. The average Bonchev–Trinajstić information content (AvgIpc) is 3.09. The first kappa shape index (κ1) is 47.7. The normalized spacial score (nSPS) is 14.1. The van der Waals surface area contributed by atoms with Gasteiger partial charge in [0.05, 0.1) is 19.8 Å². The van der Waals surface area contributed by atoms with E-state index in [2.05, 4.69) is 30.5 Å². The first-order valence-corrected chi connectivity index (χ1v) is 21.1. The van der Waals surface area contributed by atoms with Gasteiger partial charge in [0.15, 0.2) is 6.10 Å². The topological polar surface area (TPSA) is 149 Å². The molecule has 11 heteroatoms. The third-order valence-electron chi connectivity index (χ3n) is 8.43. The second-order valence-electron chi connectivity index (χ2n) is 13.3. The zero-order valence-electron chi connectivity index (χ0n) is 31.2. The minimum Gasteiger partial charge on any atom is -0.462 e. The van der Waals surface area contributed by atoms with Crippen LogP contribution in [0.2, 0.25) is 0 Å². The van der Waals surface area contributed by atoms with Crippen LogP contribution < -0.4 is 0 Å². The van der Waals surface area contributed by atoms with Crippen LogP contribution in [0, 0.1) is 0 Å². The number of phosphoric acid groups is 1. The molecule has 0 amide bonds. The van der Waals surface area contributed by atoms with E-state index in [1.165, 1.54) is 89.9 Å². The van der Waals surface area contributed by atoms with Crippen molar-refractivity contribution in [2.75, 3.05) is 26.4 Å². The molecule has 3 atom stereocenters. The summed E-state index contributed by atoms with van der Waals surface area (Å²) in [6.07, 6.45) is 30.4. The van der Waals surface area contributed by atoms with Gasteiger partial charge in [-0.25, -0.2) is 4.57 Å². The maximum absolute atomic E-state index is 12.5. The molecule has 0 aliphatic carbocycles. The lowest BCUT2D eigenvalue weighted by atomic mass is 10.0. The molecule has 10 nitrogen and oxygen atoms in total. The van der Waals surface area contributed by atoms with Gasteiger partial charge >= 0.3 is 19.8 Å². The second kappa shape index (κ2) is 35.1. The number of unbranched alkanes of at least 4 members (excludes halogenated alkanes) is 21. The number of ether oxygens (including phenoxy) is 2. The molecular formula is C38H73O10P. The van der Waals surface area contributed by atoms with Crippen molar-refractivity contribution >= 4 is 19.8 Å². The minimum atomic E-state index is -4.61. The highest BCUT2D eigenvalue weighted by Crippen LogP contribution is 2.43. The Balaban J connectivity index is 4.32. The number of carbonyl (C=O) groups is 2. The second-order valence-corrected chi connectivity index (χ2v) is 14.7. The quantitative estimate of drug-likeness (QED) is 0.0245. The van der Waals surface area contributed by atoms with Crippen LogP contribution in [0.1, 0.15) is 181 Å². The van der Waals surface area contributed by atoms with Gasteiger partial charge in [-0.1, -0.05) is 148 Å². The molecule has 1 unspecified atom stereocenters. The van der Waals surface area contributed by atoms with Crippen LogP contribution in [-0.2, 0) is 32.7 Å². The van der Waals surface area contributed by atoms with Gasteiger partial charge in [-0.2, -0.15) is 0 Å². The lowest BCUT2D eigenvalue weighted by Crippen LogP contribution is -2.29. The molecule has 0 radical (unpaired) electrons. The predicted octanol–water partition coefficient (Wildman–Crippen LogP) is 9.67. The largest absolute Gasteiger partial charge is 0.472 e. The third kappa shape index (κ3) is 34.9. The standard InChI is InChI=1S/C38H73O10P/c1-3-5-7-9-11-13-15-16-17-18-20-22-24-26-28-30-38(42)48-36(34-47-49(43,44)46-32-35(40)31-39)33-45-37(41)29-27-25-23-21-19-14-12-10-8-6-4-2/h6,8,35-36,39-40H,3-5,7,9-34H2,1-2H3,(H,43,44)/b8-6-/t35-,36+/m0/s1. The zero-order valence-corrected chi connectivity index (χ0v) is 32.1. The van der Waals surface area contributed by atoms with Crippen molar-refractivity contribution in [3.63, 3.8) is 0 Å². The number of carbonyl (C=O) groups excluding carboxylic acids is 2. The van der Waals surface area contributed by atoms with Crippen molar-refractivity contribution in [1.82, 2.24) is 0 Å². The van der Waals surface area contributed by atoms with Gasteiger partial charge in [0.25, 0.3) is 0 Å². The molecule has 0 aliphatic heterocycles. The van der Waals surface area contributed by atoms with E-state index in [1.807, 2.05) is 0 Å². The van der Waals surface area contributed by atoms with Crippen LogP contribution >= 0.6 is 7.82 Å². The maximum Gasteiger partial charge on any atom is 0.472 e. The first-order chi connectivity index (χ1) is 23.7. The van der Waals surface area contributed by atoms with Crippen molar-refractivity contribution in [2.24, 2.45) is 0 Å². The van der Waals surface area contributed by atoms with E-state index in [-0.39, 0.29) is 19.4 Å². The molecule has 0 spiro atoms. The monoisotopic (exact) mass is 720 g/mol. The van der Waals surface area contributed by atoms with Crippen molar-refractivity contribution < 1.29 is 47.8 Å². The number of phosphoric ester groups is 1. The van der Waals surface area contributed by atoms with Crippen molar-refractivity contribution in [2.45, 2.75) is 193 Å². The Bertz CT molecular complexity index is 837. The predicted molar refractivity (Wildman–Crippen MR) is 196 cm³/mol. The van der Waals surface area contributed by atoms with Crippen molar-refractivity contribution in [1.29, 1.82) is 0 Å². The van der Waals surface area contributed by atoms with E-state index in [4.69, 9.17) is 19.1 Å². The lowest BCUT2D eigenvalue weighted by Gasteiger charge is -2.20. The van der Waals surface area contributed by atoms with Crippen molar-refractivity contribution in [3.8, 4) is 0 Å². The smallest absolute Gasteiger partial charge is 0.462 e. The molecule has 0 rings (SSSR count). The molecule has 0 aromatic carbocycles. The van der Waals surface area contributed by atoms with Gasteiger partial charge in [-0.3, -0.25) is 18.6 Å². The number of hydrogen-bond acceptors (Lipinski definition) is 9. The molecule has 0 heterocycles. The molecule has 0 aliphatic rings. The Kier molecular flexibility index (Phi) is 34.2. The van der Waals surface area contributed by atoms with Crippen LogP contribution in [0.5, 0.6) is 0 Å². The Morgan fingerprint density at radius 3 is 1.55 bits per heavy atom. The Morgan fingerprint density at radius 2 is 1.06 bits per heavy atom. The summed E-state index contributed by atoms with van der Waals surface area (Å²) in [6.45, 7) is 2.29. The summed E-state index contributed by atoms with van der Waals surface area (Å²) >= 11 is 0. The Hall–Kier alpha value is -1.29. The fourth-order valence-corrected chi connectivity index (χ4v) is 6.20. The number of allylic oxidation sites excluding steroid dienone is 2. The van der Waals surface area contributed by atoms with E-state index in [0.29, 0.717) is 12.8 Å². The van der Waals surface area contributed by atoms with E-state index < -0.39 is 51.8 Å². The zero-order chi connectivity index (χ0) is 36.3. The molecule has 0 fully saturated rings. The summed E-state index contributed by atoms with van der Waals surface area (Å²) in [7, 11) is -4.61. The van der Waals surface area contributed by atoms with Crippen LogP contribution in [0.3, 0.4) is 0 Å². The molecule has 49 heavy (non-hydrogen) atoms. The van der Waals surface area contributed by atoms with Crippen LogP contribution in [0.25, 0.3) is 0 Å². The lowest BCUT2D eigenvalue weighted by molar-refractivity contribution is -0.161. The Morgan fingerprint density at radius 1 is 0.612 bits per heavy atom. The van der Waals surface area contributed by atoms with E-state index >= 15 is 0 Å². The number of aliphatic hydroxyl groups excluding tert-OH is 2. The van der Waals surface area contributed by atoms with Gasteiger partial charge in [-0.05, 0) is 32.1 Å².